The first-order chi connectivity index (χ1) is 9.84. The predicted molar refractivity (Wildman–Crippen MR) is 83.1 cm³/mol. The molecule has 0 unspecified atom stereocenters. The van der Waals surface area contributed by atoms with Gasteiger partial charge in [-0.3, -0.25) is 4.79 Å². The summed E-state index contributed by atoms with van der Waals surface area (Å²) in [4.78, 5) is 12.5. The highest BCUT2D eigenvalue weighted by Gasteiger charge is 2.21. The zero-order valence-corrected chi connectivity index (χ0v) is 12.1. The van der Waals surface area contributed by atoms with Gasteiger partial charge in [-0.25, -0.2) is 0 Å². The molecule has 1 amide bonds. The van der Waals surface area contributed by atoms with E-state index in [1.165, 1.54) is 36.9 Å². The van der Waals surface area contributed by atoms with Crippen LogP contribution in [0.25, 0.3) is 0 Å². The Morgan fingerprint density at radius 2 is 1.90 bits per heavy atom. The molecule has 2 N–H and O–H groups in total. The number of benzene rings is 1. The third-order valence-electron chi connectivity index (χ3n) is 4.58. The molecule has 3 heteroatoms. The van der Waals surface area contributed by atoms with Crippen LogP contribution in [0.3, 0.4) is 0 Å². The lowest BCUT2D eigenvalue weighted by atomic mass is 9.98. The van der Waals surface area contributed by atoms with E-state index < -0.39 is 0 Å². The maximum absolute atomic E-state index is 12.5. The van der Waals surface area contributed by atoms with Crippen LogP contribution in [-0.4, -0.2) is 12.5 Å². The zero-order chi connectivity index (χ0) is 13.8. The molecule has 1 aliphatic heterocycles. The molecule has 1 aromatic rings. The van der Waals surface area contributed by atoms with Crippen LogP contribution in [0.2, 0.25) is 0 Å². The Morgan fingerprint density at radius 1 is 1.10 bits per heavy atom. The second-order valence-electron chi connectivity index (χ2n) is 6.04. The van der Waals surface area contributed by atoms with E-state index in [2.05, 4.69) is 16.7 Å². The Bertz CT molecular complexity index is 476. The van der Waals surface area contributed by atoms with Crippen LogP contribution in [0, 0.1) is 5.92 Å². The van der Waals surface area contributed by atoms with Crippen molar-refractivity contribution in [3.63, 3.8) is 0 Å². The van der Waals surface area contributed by atoms with Crippen LogP contribution in [0.15, 0.2) is 18.2 Å². The quantitative estimate of drug-likeness (QED) is 0.800. The van der Waals surface area contributed by atoms with Gasteiger partial charge in [-0.05, 0) is 43.4 Å². The monoisotopic (exact) mass is 272 g/mol. The van der Waals surface area contributed by atoms with Gasteiger partial charge in [0, 0.05) is 23.8 Å². The van der Waals surface area contributed by atoms with Crippen LogP contribution >= 0.6 is 0 Å². The van der Waals surface area contributed by atoms with E-state index in [0.717, 1.165) is 37.9 Å². The molecule has 0 atom stereocenters. The normalized spacial score (nSPS) is 19.6. The van der Waals surface area contributed by atoms with Crippen LogP contribution in [0.1, 0.15) is 50.5 Å². The van der Waals surface area contributed by atoms with E-state index in [-0.39, 0.29) is 11.8 Å². The number of carbonyl (C=O) groups is 1. The van der Waals surface area contributed by atoms with E-state index in [1.54, 1.807) is 0 Å². The van der Waals surface area contributed by atoms with Crippen molar-refractivity contribution in [2.24, 2.45) is 5.92 Å². The number of hydrogen-bond donors (Lipinski definition) is 2. The number of fused-ring (bicyclic) bond motifs is 1. The minimum Gasteiger partial charge on any atom is -0.385 e. The van der Waals surface area contributed by atoms with E-state index in [9.17, 15) is 4.79 Å². The molecule has 0 saturated heterocycles. The molecule has 1 saturated carbocycles. The molecule has 0 bridgehead atoms. The number of rotatable bonds is 2. The van der Waals surface area contributed by atoms with Gasteiger partial charge in [-0.15, -0.1) is 0 Å². The first-order valence-corrected chi connectivity index (χ1v) is 8.01. The fraction of sp³-hybridized carbons (Fsp3) is 0.588. The van der Waals surface area contributed by atoms with Crippen molar-refractivity contribution in [2.45, 2.75) is 51.4 Å². The summed E-state index contributed by atoms with van der Waals surface area (Å²) in [6, 6.07) is 6.18. The van der Waals surface area contributed by atoms with Crippen molar-refractivity contribution in [1.82, 2.24) is 0 Å². The van der Waals surface area contributed by atoms with Gasteiger partial charge in [0.2, 0.25) is 5.91 Å². The second-order valence-corrected chi connectivity index (χ2v) is 6.04. The van der Waals surface area contributed by atoms with Crippen molar-refractivity contribution in [3.05, 3.63) is 23.8 Å². The molecule has 108 valence electrons. The minimum absolute atomic E-state index is 0.213. The Kier molecular flexibility index (Phi) is 4.24. The Hall–Kier alpha value is -1.51. The summed E-state index contributed by atoms with van der Waals surface area (Å²) in [6.45, 7) is 1.03. The van der Waals surface area contributed by atoms with Gasteiger partial charge in [0.05, 0.1) is 0 Å². The van der Waals surface area contributed by atoms with Gasteiger partial charge < -0.3 is 10.6 Å². The molecule has 1 aromatic carbocycles. The number of hydrogen-bond acceptors (Lipinski definition) is 2. The summed E-state index contributed by atoms with van der Waals surface area (Å²) in [6.07, 6.45) is 9.28. The number of anilines is 2. The third kappa shape index (κ3) is 2.97. The fourth-order valence-corrected chi connectivity index (χ4v) is 3.40. The molecule has 3 rings (SSSR count). The van der Waals surface area contributed by atoms with Gasteiger partial charge in [0.1, 0.15) is 0 Å². The minimum atomic E-state index is 0.213. The predicted octanol–water partition coefficient (Wildman–Crippen LogP) is 3.95. The van der Waals surface area contributed by atoms with Gasteiger partial charge in [0.15, 0.2) is 0 Å². The highest BCUT2D eigenvalue weighted by atomic mass is 16.1. The van der Waals surface area contributed by atoms with E-state index in [0.29, 0.717) is 0 Å². The topological polar surface area (TPSA) is 41.1 Å². The van der Waals surface area contributed by atoms with Crippen molar-refractivity contribution in [3.8, 4) is 0 Å². The maximum atomic E-state index is 12.5. The largest absolute Gasteiger partial charge is 0.385 e. The average molecular weight is 272 g/mol. The first-order valence-electron chi connectivity index (χ1n) is 8.01. The Balaban J connectivity index is 1.72. The lowest BCUT2D eigenvalue weighted by molar-refractivity contribution is -0.120. The number of nitrogens with one attached hydrogen (secondary N) is 2. The smallest absolute Gasteiger partial charge is 0.227 e. The van der Waals surface area contributed by atoms with Crippen molar-refractivity contribution >= 4 is 17.3 Å². The molecule has 3 nitrogen and oxygen atoms in total. The Morgan fingerprint density at radius 3 is 2.70 bits per heavy atom. The van der Waals surface area contributed by atoms with Gasteiger partial charge in [0.25, 0.3) is 0 Å². The van der Waals surface area contributed by atoms with E-state index >= 15 is 0 Å². The standard InChI is InChI=1S/C17H24N2O/c20-17(13-7-3-1-2-4-8-13)19-16-11-5-10-15-14(16)9-6-12-18-15/h5,10-11,13,18H,1-4,6-9,12H2,(H,19,20). The third-order valence-corrected chi connectivity index (χ3v) is 4.58. The molecule has 0 radical (unpaired) electrons. The van der Waals surface area contributed by atoms with Crippen molar-refractivity contribution < 1.29 is 4.79 Å². The van der Waals surface area contributed by atoms with Crippen LogP contribution in [0.5, 0.6) is 0 Å². The molecule has 2 aliphatic rings. The second kappa shape index (κ2) is 6.29. The lowest BCUT2D eigenvalue weighted by Gasteiger charge is -2.22. The summed E-state index contributed by atoms with van der Waals surface area (Å²) >= 11 is 0. The van der Waals surface area contributed by atoms with Gasteiger partial charge in [-0.2, -0.15) is 0 Å². The summed E-state index contributed by atoms with van der Waals surface area (Å²) in [5.41, 5.74) is 3.49. The van der Waals surface area contributed by atoms with Crippen molar-refractivity contribution in [1.29, 1.82) is 0 Å². The van der Waals surface area contributed by atoms with E-state index in [4.69, 9.17) is 0 Å². The van der Waals surface area contributed by atoms with Gasteiger partial charge in [-0.1, -0.05) is 31.7 Å². The van der Waals surface area contributed by atoms with E-state index in [1.807, 2.05) is 12.1 Å². The SMILES string of the molecule is O=C(Nc1cccc2c1CCCN2)C1CCCCCC1. The highest BCUT2D eigenvalue weighted by Crippen LogP contribution is 2.30. The lowest BCUT2D eigenvalue weighted by Crippen LogP contribution is -2.24. The molecule has 20 heavy (non-hydrogen) atoms. The molecular formula is C17H24N2O. The Labute approximate surface area is 121 Å². The maximum Gasteiger partial charge on any atom is 0.227 e. The molecule has 1 heterocycles. The van der Waals surface area contributed by atoms with Crippen LogP contribution in [-0.2, 0) is 11.2 Å². The number of carbonyl (C=O) groups excluding carboxylic acids is 1. The first kappa shape index (κ1) is 13.5. The van der Waals surface area contributed by atoms with Crippen molar-refractivity contribution in [2.75, 3.05) is 17.2 Å². The number of amides is 1. The van der Waals surface area contributed by atoms with Gasteiger partial charge >= 0.3 is 0 Å². The highest BCUT2D eigenvalue weighted by molar-refractivity contribution is 5.94. The summed E-state index contributed by atoms with van der Waals surface area (Å²) < 4.78 is 0. The average Bonchev–Trinajstić information content (AvgIpc) is 2.77. The molecule has 1 fully saturated rings. The summed E-state index contributed by atoms with van der Waals surface area (Å²) in [5, 5.41) is 6.60. The molecule has 0 spiro atoms. The van der Waals surface area contributed by atoms with Crippen LogP contribution in [0.4, 0.5) is 11.4 Å². The summed E-state index contributed by atoms with van der Waals surface area (Å²) in [5.74, 6) is 0.441. The molecule has 0 aromatic heterocycles. The summed E-state index contributed by atoms with van der Waals surface area (Å²) in [7, 11) is 0. The van der Waals surface area contributed by atoms with Crippen LogP contribution < -0.4 is 10.6 Å². The molecule has 1 aliphatic carbocycles. The fourth-order valence-electron chi connectivity index (χ4n) is 3.40. The zero-order valence-electron chi connectivity index (χ0n) is 12.1. The molecular weight excluding hydrogens is 248 g/mol.